The van der Waals surface area contributed by atoms with Gasteiger partial charge in [0.2, 0.25) is 6.86 Å². The molecule has 0 fully saturated rings. The van der Waals surface area contributed by atoms with Crippen LogP contribution in [0, 0.1) is 0 Å². The molecule has 2 N–H and O–H groups in total. The second-order valence-electron chi connectivity index (χ2n) is 8.88. The Morgan fingerprint density at radius 1 is 1.25 bits per heavy atom. The van der Waals surface area contributed by atoms with Crippen LogP contribution in [0.5, 0.6) is 5.75 Å². The molecule has 1 atom stereocenters. The number of pyridine rings is 1. The maximum absolute atomic E-state index is 13.1. The number of carbonyl (C=O) groups is 1. The average Bonchev–Trinajstić information content (AvgIpc) is 2.74. The van der Waals surface area contributed by atoms with Crippen LogP contribution in [-0.4, -0.2) is 42.4 Å². The number of carbonyl (C=O) groups excluding carboxylic acids is 1. The van der Waals surface area contributed by atoms with E-state index in [-0.39, 0.29) is 35.2 Å². The lowest BCUT2D eigenvalue weighted by Crippen LogP contribution is -2.56. The first-order valence-corrected chi connectivity index (χ1v) is 12.1. The Morgan fingerprint density at radius 2 is 2.03 bits per heavy atom. The summed E-state index contributed by atoms with van der Waals surface area (Å²) in [6.45, 7) is 2.21. The molecule has 1 aromatic carbocycles. The van der Waals surface area contributed by atoms with Crippen LogP contribution in [0.3, 0.4) is 0 Å². The fourth-order valence-electron chi connectivity index (χ4n) is 4.38. The molecule has 0 saturated heterocycles. The number of amidine groups is 1. The van der Waals surface area contributed by atoms with Crippen LogP contribution < -0.4 is 10.5 Å². The van der Waals surface area contributed by atoms with Crippen molar-refractivity contribution >= 4 is 21.5 Å². The number of aliphatic imine (C=N–C) groups is 1. The van der Waals surface area contributed by atoms with Crippen LogP contribution >= 0.6 is 0 Å². The number of nitrogens with zero attached hydrogens (tertiary/aromatic N) is 2. The molecule has 2 heterocycles. The Labute approximate surface area is 186 Å². The fourth-order valence-corrected chi connectivity index (χ4v) is 6.10. The van der Waals surface area contributed by atoms with Crippen LogP contribution in [-0.2, 0) is 28.2 Å². The highest BCUT2D eigenvalue weighted by molar-refractivity contribution is 7.93. The number of aromatic nitrogens is 1. The van der Waals surface area contributed by atoms with Gasteiger partial charge in [-0.2, -0.15) is 0 Å². The highest BCUT2D eigenvalue weighted by Crippen LogP contribution is 2.44. The lowest BCUT2D eigenvalue weighted by atomic mass is 9.76. The third kappa shape index (κ3) is 3.79. The minimum absolute atomic E-state index is 0.0944. The molecule has 9 heteroatoms. The van der Waals surface area contributed by atoms with E-state index in [2.05, 4.69) is 4.98 Å². The zero-order valence-electron chi connectivity index (χ0n) is 18.1. The summed E-state index contributed by atoms with van der Waals surface area (Å²) in [6, 6.07) is 8.70. The van der Waals surface area contributed by atoms with Gasteiger partial charge in [0, 0.05) is 6.42 Å². The Hall–Kier alpha value is -2.81. The van der Waals surface area contributed by atoms with Crippen LogP contribution in [0.4, 0.5) is 4.39 Å². The van der Waals surface area contributed by atoms with Gasteiger partial charge in [0.15, 0.2) is 15.6 Å². The van der Waals surface area contributed by atoms with Crippen LogP contribution in [0.2, 0.25) is 0 Å². The number of ketones is 1. The van der Waals surface area contributed by atoms with Crippen LogP contribution in [0.1, 0.15) is 53.9 Å². The quantitative estimate of drug-likeness (QED) is 0.688. The number of halogens is 1. The summed E-state index contributed by atoms with van der Waals surface area (Å²) in [5.41, 5.74) is 8.08. The molecule has 170 valence electrons. The molecule has 0 unspecified atom stereocenters. The number of ether oxygens (including phenoxy) is 1. The summed E-state index contributed by atoms with van der Waals surface area (Å²) in [5, 5.41) is 0. The molecule has 2 aromatic rings. The van der Waals surface area contributed by atoms with Gasteiger partial charge in [-0.3, -0.25) is 9.79 Å². The molecule has 2 aliphatic rings. The van der Waals surface area contributed by atoms with Crippen molar-refractivity contribution in [2.75, 3.05) is 12.6 Å². The van der Waals surface area contributed by atoms with E-state index in [0.717, 1.165) is 29.5 Å². The summed E-state index contributed by atoms with van der Waals surface area (Å²) in [4.78, 5) is 21.5. The highest BCUT2D eigenvalue weighted by Gasteiger charge is 2.51. The number of benzene rings is 1. The third-order valence-electron chi connectivity index (χ3n) is 6.48. The first-order chi connectivity index (χ1) is 15.1. The van der Waals surface area contributed by atoms with Crippen molar-refractivity contribution in [1.82, 2.24) is 4.98 Å². The predicted molar refractivity (Wildman–Crippen MR) is 119 cm³/mol. The summed E-state index contributed by atoms with van der Waals surface area (Å²) in [6.07, 6.45) is 3.62. The van der Waals surface area contributed by atoms with Gasteiger partial charge < -0.3 is 10.5 Å². The molecular formula is C23H26FN3O4S. The molecule has 1 aliphatic heterocycles. The number of nitrogens with two attached hydrogens (primary N) is 1. The number of Topliss-reactive ketones (excluding diaryl/α,β-unsaturated/α-hetero) is 1. The average molecular weight is 460 g/mol. The molecule has 1 aliphatic carbocycles. The first-order valence-electron chi connectivity index (χ1n) is 10.5. The number of aryl methyl sites for hydroxylation is 1. The van der Waals surface area contributed by atoms with Gasteiger partial charge in [0.05, 0.1) is 11.9 Å². The van der Waals surface area contributed by atoms with Crippen molar-refractivity contribution in [3.8, 4) is 5.75 Å². The van der Waals surface area contributed by atoms with Crippen molar-refractivity contribution < 1.29 is 22.3 Å². The molecule has 1 spiro atoms. The molecule has 7 nitrogen and oxygen atoms in total. The number of hydrogen-bond donors (Lipinski definition) is 1. The predicted octanol–water partition coefficient (Wildman–Crippen LogP) is 2.91. The standard InChI is InChI=1S/C23H26FN3O4S/c1-22(2)21(25)27-23(13-32(22,29)30)9-3-4-16-6-5-15(10-18(16)23)11-20(28)19-8-7-17(12-26-19)31-14-24/h5-8,10,12H,3-4,9,11,13-14H2,1-2H3,(H2,25,27)/t23-/m0/s1. The maximum Gasteiger partial charge on any atom is 0.228 e. The van der Waals surface area contributed by atoms with E-state index >= 15 is 0 Å². The van der Waals surface area contributed by atoms with Gasteiger partial charge in [0.1, 0.15) is 27.6 Å². The van der Waals surface area contributed by atoms with E-state index in [1.807, 2.05) is 18.2 Å². The number of alkyl halides is 1. The lowest BCUT2D eigenvalue weighted by Gasteiger charge is -2.43. The second kappa shape index (κ2) is 7.95. The smallest absolute Gasteiger partial charge is 0.228 e. The number of hydrogen-bond acceptors (Lipinski definition) is 7. The topological polar surface area (TPSA) is 112 Å². The molecule has 1 aromatic heterocycles. The maximum atomic E-state index is 13.1. The summed E-state index contributed by atoms with van der Waals surface area (Å²) in [7, 11) is -3.52. The van der Waals surface area contributed by atoms with Gasteiger partial charge in [-0.15, -0.1) is 0 Å². The van der Waals surface area contributed by atoms with Gasteiger partial charge in [0.25, 0.3) is 0 Å². The largest absolute Gasteiger partial charge is 0.461 e. The van der Waals surface area contributed by atoms with Crippen LogP contribution in [0.25, 0.3) is 0 Å². The Balaban J connectivity index is 1.67. The van der Waals surface area contributed by atoms with Crippen molar-refractivity contribution in [1.29, 1.82) is 0 Å². The van der Waals surface area contributed by atoms with E-state index in [1.165, 1.54) is 18.3 Å². The molecule has 4 rings (SSSR count). The highest BCUT2D eigenvalue weighted by atomic mass is 32.2. The fraction of sp³-hybridized carbons (Fsp3) is 0.435. The molecule has 0 saturated carbocycles. The third-order valence-corrected chi connectivity index (χ3v) is 9.10. The van der Waals surface area contributed by atoms with Crippen molar-refractivity contribution in [3.63, 3.8) is 0 Å². The van der Waals surface area contributed by atoms with Crippen molar-refractivity contribution in [3.05, 3.63) is 58.9 Å². The number of sulfone groups is 1. The minimum atomic E-state index is -3.52. The summed E-state index contributed by atoms with van der Waals surface area (Å²) in [5.74, 6) is 0.0620. The molecule has 0 bridgehead atoms. The van der Waals surface area contributed by atoms with Gasteiger partial charge in [-0.1, -0.05) is 18.2 Å². The summed E-state index contributed by atoms with van der Waals surface area (Å²) < 4.78 is 41.9. The lowest BCUT2D eigenvalue weighted by molar-refractivity contribution is 0.0988. The Bertz CT molecular complexity index is 1190. The molecular weight excluding hydrogens is 433 g/mol. The van der Waals surface area contributed by atoms with Crippen molar-refractivity contribution in [2.24, 2.45) is 10.7 Å². The minimum Gasteiger partial charge on any atom is -0.461 e. The van der Waals surface area contributed by atoms with E-state index in [1.54, 1.807) is 13.8 Å². The Morgan fingerprint density at radius 3 is 2.69 bits per heavy atom. The molecule has 32 heavy (non-hydrogen) atoms. The normalized spacial score (nSPS) is 23.3. The van der Waals surface area contributed by atoms with Crippen LogP contribution in [0.15, 0.2) is 41.5 Å². The Kier molecular flexibility index (Phi) is 5.56. The van der Waals surface area contributed by atoms with Gasteiger partial charge >= 0.3 is 0 Å². The monoisotopic (exact) mass is 459 g/mol. The zero-order valence-corrected chi connectivity index (χ0v) is 18.9. The second-order valence-corrected chi connectivity index (χ2v) is 11.4. The summed E-state index contributed by atoms with van der Waals surface area (Å²) >= 11 is 0. The van der Waals surface area contributed by atoms with E-state index < -0.39 is 27.0 Å². The van der Waals surface area contributed by atoms with E-state index in [0.29, 0.717) is 6.42 Å². The van der Waals surface area contributed by atoms with E-state index in [9.17, 15) is 17.6 Å². The van der Waals surface area contributed by atoms with E-state index in [4.69, 9.17) is 15.5 Å². The van der Waals surface area contributed by atoms with Gasteiger partial charge in [-0.25, -0.2) is 17.8 Å². The SMILES string of the molecule is CC1(C)C(N)=N[C@@]2(CCCc3ccc(CC(=O)c4ccc(OCF)cn4)cc32)CS1(=O)=O. The molecule has 0 radical (unpaired) electrons. The van der Waals surface area contributed by atoms with Gasteiger partial charge in [-0.05, 0) is 61.9 Å². The number of rotatable bonds is 5. The first kappa shape index (κ1) is 22.4. The number of fused-ring (bicyclic) bond motifs is 2. The van der Waals surface area contributed by atoms with Crippen molar-refractivity contribution in [2.45, 2.75) is 49.8 Å². The molecule has 0 amide bonds. The zero-order chi connectivity index (χ0) is 23.1.